The molecule has 1 atom stereocenters. The second-order valence-electron chi connectivity index (χ2n) is 3.70. The Morgan fingerprint density at radius 1 is 1.25 bits per heavy atom. The van der Waals surface area contributed by atoms with Crippen LogP contribution in [0.25, 0.3) is 0 Å². The Bertz CT molecular complexity index is 280. The predicted molar refractivity (Wildman–Crippen MR) is 59.6 cm³/mol. The molecule has 0 bridgehead atoms. The molecule has 1 aromatic rings. The molecule has 0 aromatic heterocycles. The summed E-state index contributed by atoms with van der Waals surface area (Å²) in [4.78, 5) is 0. The summed E-state index contributed by atoms with van der Waals surface area (Å²) in [5.74, 6) is 0. The smallest absolute Gasteiger partial charge is 0.250 e. The van der Waals surface area contributed by atoms with Gasteiger partial charge in [0.25, 0.3) is 6.43 Å². The molecule has 0 spiro atoms. The molecule has 0 aliphatic rings. The molecular formula is C12H17F2NO. The molecular weight excluding hydrogens is 212 g/mol. The third kappa shape index (κ3) is 5.78. The first kappa shape index (κ1) is 13.1. The van der Waals surface area contributed by atoms with Crippen molar-refractivity contribution < 1.29 is 13.5 Å². The first-order valence-corrected chi connectivity index (χ1v) is 5.31. The number of hydrogen-bond acceptors (Lipinski definition) is 2. The van der Waals surface area contributed by atoms with Crippen molar-refractivity contribution in [2.75, 3.05) is 13.2 Å². The monoisotopic (exact) mass is 229 g/mol. The van der Waals surface area contributed by atoms with Crippen LogP contribution in [-0.2, 0) is 11.3 Å². The third-order valence-electron chi connectivity index (χ3n) is 2.10. The molecule has 0 radical (unpaired) electrons. The van der Waals surface area contributed by atoms with Gasteiger partial charge in [-0.3, -0.25) is 0 Å². The minimum absolute atomic E-state index is 0.0577. The fraction of sp³-hybridized carbons (Fsp3) is 0.500. The van der Waals surface area contributed by atoms with Crippen LogP contribution in [0.15, 0.2) is 30.3 Å². The lowest BCUT2D eigenvalue weighted by atomic mass is 10.2. The lowest BCUT2D eigenvalue weighted by molar-refractivity contribution is 0.0906. The number of halogens is 2. The van der Waals surface area contributed by atoms with Gasteiger partial charge in [-0.15, -0.1) is 0 Å². The Hall–Kier alpha value is -1.00. The van der Waals surface area contributed by atoms with Crippen molar-refractivity contribution in [2.24, 2.45) is 0 Å². The van der Waals surface area contributed by atoms with E-state index < -0.39 is 6.43 Å². The van der Waals surface area contributed by atoms with Gasteiger partial charge in [-0.1, -0.05) is 30.3 Å². The molecule has 90 valence electrons. The fourth-order valence-electron chi connectivity index (χ4n) is 1.28. The number of benzene rings is 1. The molecule has 0 aliphatic heterocycles. The van der Waals surface area contributed by atoms with Crippen molar-refractivity contribution in [2.45, 2.75) is 26.0 Å². The number of alkyl halides is 2. The van der Waals surface area contributed by atoms with E-state index in [0.717, 1.165) is 5.56 Å². The number of ether oxygens (including phenoxy) is 1. The maximum Gasteiger partial charge on any atom is 0.250 e. The van der Waals surface area contributed by atoms with Crippen LogP contribution in [0.2, 0.25) is 0 Å². The Morgan fingerprint density at radius 2 is 1.94 bits per heavy atom. The Balaban J connectivity index is 2.11. The Labute approximate surface area is 94.6 Å². The van der Waals surface area contributed by atoms with Gasteiger partial charge in [0.2, 0.25) is 0 Å². The molecule has 1 unspecified atom stereocenters. The van der Waals surface area contributed by atoms with Gasteiger partial charge in [0.15, 0.2) is 0 Å². The second kappa shape index (κ2) is 7.30. The van der Waals surface area contributed by atoms with Crippen LogP contribution in [0.3, 0.4) is 0 Å². The SMILES string of the molecule is CC(COCc1ccccc1)NCC(F)F. The van der Waals surface area contributed by atoms with Crippen molar-refractivity contribution in [1.82, 2.24) is 5.32 Å². The van der Waals surface area contributed by atoms with E-state index in [1.165, 1.54) is 0 Å². The van der Waals surface area contributed by atoms with E-state index in [4.69, 9.17) is 4.74 Å². The lowest BCUT2D eigenvalue weighted by Crippen LogP contribution is -2.34. The minimum Gasteiger partial charge on any atom is -0.375 e. The van der Waals surface area contributed by atoms with Crippen molar-refractivity contribution in [1.29, 1.82) is 0 Å². The number of hydrogen-bond donors (Lipinski definition) is 1. The van der Waals surface area contributed by atoms with E-state index in [-0.39, 0.29) is 12.6 Å². The first-order valence-electron chi connectivity index (χ1n) is 5.31. The standard InChI is InChI=1S/C12H17F2NO/c1-10(15-7-12(13)14)8-16-9-11-5-3-2-4-6-11/h2-6,10,12,15H,7-9H2,1H3. The second-order valence-corrected chi connectivity index (χ2v) is 3.70. The van der Waals surface area contributed by atoms with Crippen LogP contribution in [0, 0.1) is 0 Å². The maximum absolute atomic E-state index is 11.9. The van der Waals surface area contributed by atoms with Gasteiger partial charge in [0, 0.05) is 6.04 Å². The topological polar surface area (TPSA) is 21.3 Å². The molecule has 0 saturated heterocycles. The molecule has 0 heterocycles. The molecule has 0 amide bonds. The van der Waals surface area contributed by atoms with Crippen LogP contribution in [-0.4, -0.2) is 25.6 Å². The van der Waals surface area contributed by atoms with Crippen molar-refractivity contribution in [3.05, 3.63) is 35.9 Å². The molecule has 1 rings (SSSR count). The summed E-state index contributed by atoms with van der Waals surface area (Å²) < 4.78 is 29.2. The van der Waals surface area contributed by atoms with Crippen LogP contribution in [0.1, 0.15) is 12.5 Å². The summed E-state index contributed by atoms with van der Waals surface area (Å²) in [7, 11) is 0. The zero-order chi connectivity index (χ0) is 11.8. The summed E-state index contributed by atoms with van der Waals surface area (Å²) in [6.45, 7) is 2.49. The highest BCUT2D eigenvalue weighted by Crippen LogP contribution is 2.01. The van der Waals surface area contributed by atoms with Gasteiger partial charge in [0.05, 0.1) is 19.8 Å². The van der Waals surface area contributed by atoms with Crippen molar-refractivity contribution >= 4 is 0 Å². The Morgan fingerprint density at radius 3 is 2.56 bits per heavy atom. The van der Waals surface area contributed by atoms with E-state index in [1.807, 2.05) is 37.3 Å². The van der Waals surface area contributed by atoms with Gasteiger partial charge in [-0.05, 0) is 12.5 Å². The molecule has 16 heavy (non-hydrogen) atoms. The lowest BCUT2D eigenvalue weighted by Gasteiger charge is -2.13. The van der Waals surface area contributed by atoms with Gasteiger partial charge in [0.1, 0.15) is 0 Å². The van der Waals surface area contributed by atoms with Crippen LogP contribution in [0.4, 0.5) is 8.78 Å². The van der Waals surface area contributed by atoms with Crippen LogP contribution >= 0.6 is 0 Å². The van der Waals surface area contributed by atoms with Gasteiger partial charge < -0.3 is 10.1 Å². The minimum atomic E-state index is -2.31. The molecule has 1 N–H and O–H groups in total. The van der Waals surface area contributed by atoms with E-state index in [9.17, 15) is 8.78 Å². The predicted octanol–water partition coefficient (Wildman–Crippen LogP) is 2.45. The van der Waals surface area contributed by atoms with E-state index in [2.05, 4.69) is 5.32 Å². The van der Waals surface area contributed by atoms with Crippen LogP contribution in [0.5, 0.6) is 0 Å². The molecule has 0 aliphatic carbocycles. The molecule has 0 fully saturated rings. The van der Waals surface area contributed by atoms with Crippen molar-refractivity contribution in [3.63, 3.8) is 0 Å². The normalized spacial score (nSPS) is 13.0. The van der Waals surface area contributed by atoms with Gasteiger partial charge in [-0.2, -0.15) is 0 Å². The largest absolute Gasteiger partial charge is 0.375 e. The zero-order valence-corrected chi connectivity index (χ0v) is 9.33. The van der Waals surface area contributed by atoms with E-state index in [0.29, 0.717) is 13.2 Å². The fourth-order valence-corrected chi connectivity index (χ4v) is 1.28. The molecule has 4 heteroatoms. The molecule has 0 saturated carbocycles. The summed E-state index contributed by atoms with van der Waals surface area (Å²) >= 11 is 0. The Kier molecular flexibility index (Phi) is 5.96. The quantitative estimate of drug-likeness (QED) is 0.775. The van der Waals surface area contributed by atoms with Crippen LogP contribution < -0.4 is 5.32 Å². The van der Waals surface area contributed by atoms with E-state index in [1.54, 1.807) is 0 Å². The summed E-state index contributed by atoms with van der Waals surface area (Å²) in [6, 6.07) is 9.71. The average molecular weight is 229 g/mol. The highest BCUT2D eigenvalue weighted by molar-refractivity contribution is 5.13. The maximum atomic E-state index is 11.9. The average Bonchev–Trinajstić information content (AvgIpc) is 2.28. The third-order valence-corrected chi connectivity index (χ3v) is 2.10. The molecule has 2 nitrogen and oxygen atoms in total. The molecule has 1 aromatic carbocycles. The summed E-state index contributed by atoms with van der Waals surface area (Å²) in [6.07, 6.45) is -2.31. The number of rotatable bonds is 7. The first-order chi connectivity index (χ1) is 7.68. The van der Waals surface area contributed by atoms with Gasteiger partial charge in [-0.25, -0.2) is 8.78 Å². The summed E-state index contributed by atoms with van der Waals surface area (Å²) in [5.41, 5.74) is 1.09. The highest BCUT2D eigenvalue weighted by Gasteiger charge is 2.06. The van der Waals surface area contributed by atoms with E-state index >= 15 is 0 Å². The number of nitrogens with one attached hydrogen (secondary N) is 1. The van der Waals surface area contributed by atoms with Crippen molar-refractivity contribution in [3.8, 4) is 0 Å². The highest BCUT2D eigenvalue weighted by atomic mass is 19.3. The van der Waals surface area contributed by atoms with Gasteiger partial charge >= 0.3 is 0 Å². The zero-order valence-electron chi connectivity index (χ0n) is 9.33. The summed E-state index contributed by atoms with van der Waals surface area (Å²) in [5, 5.41) is 2.69.